The van der Waals surface area contributed by atoms with E-state index in [1.54, 1.807) is 0 Å². The molecule has 6 aromatic carbocycles. The molecule has 2 aromatic heterocycles. The van der Waals surface area contributed by atoms with Crippen LogP contribution in [0.15, 0.2) is 146 Å². The number of nitrogens with zero attached hydrogens (tertiary/aromatic N) is 3. The third-order valence-electron chi connectivity index (χ3n) is 11.3. The van der Waals surface area contributed by atoms with Crippen molar-refractivity contribution in [3.63, 3.8) is 0 Å². The fourth-order valence-corrected chi connectivity index (χ4v) is 7.87. The Kier molecular flexibility index (Phi) is 8.29. The summed E-state index contributed by atoms with van der Waals surface area (Å²) in [6.45, 7) is 21.3. The zero-order valence-electron chi connectivity index (χ0n) is 44.2. The number of aromatic hydroxyl groups is 1. The van der Waals surface area contributed by atoms with Crippen LogP contribution in [0, 0.1) is 0 Å². The van der Waals surface area contributed by atoms with Crippen LogP contribution < -0.4 is 0 Å². The van der Waals surface area contributed by atoms with Crippen molar-refractivity contribution in [2.24, 2.45) is 0 Å². The Bertz CT molecular complexity index is 3280. The van der Waals surface area contributed by atoms with Crippen LogP contribution in [-0.2, 0) is 10.8 Å². The molecule has 0 unspecified atom stereocenters. The quantitative estimate of drug-likeness (QED) is 0.167. The Labute approximate surface area is 367 Å². The largest absolute Gasteiger partial charge is 0.507 e. The molecule has 0 saturated heterocycles. The monoisotopic (exact) mass is 796 g/mol. The fraction of sp³-hybridized carbons (Fsp3) is 0.250. The van der Waals surface area contributed by atoms with E-state index in [2.05, 4.69) is 121 Å². The minimum Gasteiger partial charge on any atom is -0.507 e. The molecule has 8 rings (SSSR count). The summed E-state index contributed by atoms with van der Waals surface area (Å²) in [5.74, 6) is 0.935. The van der Waals surface area contributed by atoms with Gasteiger partial charge in [0.15, 0.2) is 0 Å². The molecule has 1 N–H and O–H groups in total. The number of pyridine rings is 1. The van der Waals surface area contributed by atoms with Crippen LogP contribution in [0.3, 0.4) is 0 Å². The number of phenols is 1. The molecule has 0 aliphatic rings. The van der Waals surface area contributed by atoms with Crippen LogP contribution in [0.1, 0.15) is 114 Å². The first-order valence-corrected chi connectivity index (χ1v) is 20.7. The van der Waals surface area contributed by atoms with Gasteiger partial charge >= 0.3 is 0 Å². The number of phenolic OH excluding ortho intramolecular Hbond substituents is 1. The van der Waals surface area contributed by atoms with Crippen LogP contribution in [0.2, 0.25) is 0 Å². The van der Waals surface area contributed by atoms with Gasteiger partial charge in [-0.15, -0.1) is 0 Å². The number of aromatic nitrogens is 3. The molecule has 0 bridgehead atoms. The first kappa shape index (κ1) is 31.6. The number of fused-ring (bicyclic) bond motifs is 1. The van der Waals surface area contributed by atoms with Crippen LogP contribution in [0.25, 0.3) is 72.7 Å². The van der Waals surface area contributed by atoms with E-state index >= 15 is 0 Å². The topological polar surface area (TPSA) is 50.9 Å². The first-order valence-electron chi connectivity index (χ1n) is 24.7. The van der Waals surface area contributed by atoms with Crippen LogP contribution in [0.4, 0.5) is 0 Å². The Balaban J connectivity index is 1.45. The van der Waals surface area contributed by atoms with Gasteiger partial charge in [-0.3, -0.25) is 9.55 Å². The van der Waals surface area contributed by atoms with Gasteiger partial charge in [-0.1, -0.05) is 160 Å². The molecule has 0 spiro atoms. The summed E-state index contributed by atoms with van der Waals surface area (Å²) >= 11 is 0. The van der Waals surface area contributed by atoms with E-state index in [0.717, 1.165) is 55.7 Å². The lowest BCUT2D eigenvalue weighted by Crippen LogP contribution is -2.14. The van der Waals surface area contributed by atoms with Gasteiger partial charge in [0.2, 0.25) is 0 Å². The van der Waals surface area contributed by atoms with Crippen LogP contribution >= 0.6 is 0 Å². The normalized spacial score (nSPS) is 14.1. The molecule has 0 aliphatic carbocycles. The molecular formula is C56H57N3O. The summed E-state index contributed by atoms with van der Waals surface area (Å²) in [5, 5.41) is 12.3. The molecule has 0 fully saturated rings. The third kappa shape index (κ3) is 7.79. The van der Waals surface area contributed by atoms with Crippen molar-refractivity contribution in [3.05, 3.63) is 168 Å². The van der Waals surface area contributed by atoms with Gasteiger partial charge in [0.05, 0.1) is 33.3 Å². The van der Waals surface area contributed by atoms with Gasteiger partial charge in [-0.2, -0.15) is 0 Å². The highest BCUT2D eigenvalue weighted by Crippen LogP contribution is 2.44. The van der Waals surface area contributed by atoms with Crippen molar-refractivity contribution in [2.45, 2.75) is 91.9 Å². The number of rotatable bonds is 8. The molecule has 0 radical (unpaired) electrons. The molecular weight excluding hydrogens is 731 g/mol. The molecule has 0 aliphatic heterocycles. The highest BCUT2D eigenvalue weighted by atomic mass is 16.3. The molecule has 0 saturated carbocycles. The lowest BCUT2D eigenvalue weighted by molar-refractivity contribution is 0.466. The zero-order chi connectivity index (χ0) is 49.5. The highest BCUT2D eigenvalue weighted by Gasteiger charge is 2.26. The maximum Gasteiger partial charge on any atom is 0.149 e. The van der Waals surface area contributed by atoms with E-state index in [1.807, 2.05) is 54.6 Å². The van der Waals surface area contributed by atoms with Gasteiger partial charge in [0, 0.05) is 23.0 Å². The van der Waals surface area contributed by atoms with Gasteiger partial charge < -0.3 is 5.11 Å². The molecule has 302 valence electrons. The minimum absolute atomic E-state index is 0.0296. The zero-order valence-corrected chi connectivity index (χ0v) is 36.2. The molecule has 4 nitrogen and oxygen atoms in total. The van der Waals surface area contributed by atoms with E-state index in [4.69, 9.17) is 14.6 Å². The number of para-hydroxylation sites is 1. The lowest BCUT2D eigenvalue weighted by Gasteiger charge is -2.25. The summed E-state index contributed by atoms with van der Waals surface area (Å²) in [6, 6.07) is 29.1. The fourth-order valence-electron chi connectivity index (χ4n) is 7.87. The smallest absolute Gasteiger partial charge is 0.149 e. The highest BCUT2D eigenvalue weighted by molar-refractivity contribution is 5.97. The molecule has 0 amide bonds. The summed E-state index contributed by atoms with van der Waals surface area (Å²) in [7, 11) is 0. The summed E-state index contributed by atoms with van der Waals surface area (Å²) < 4.78 is 71.6. The molecule has 2 heterocycles. The van der Waals surface area contributed by atoms with Gasteiger partial charge in [0.1, 0.15) is 11.6 Å². The Morgan fingerprint density at radius 1 is 0.617 bits per heavy atom. The molecule has 60 heavy (non-hydrogen) atoms. The maximum absolute atomic E-state index is 12.3. The van der Waals surface area contributed by atoms with E-state index in [1.165, 1.54) is 0 Å². The van der Waals surface area contributed by atoms with E-state index < -0.39 is 47.8 Å². The minimum atomic E-state index is -0.597. The lowest BCUT2D eigenvalue weighted by atomic mass is 9.81. The molecule has 4 heteroatoms. The van der Waals surface area contributed by atoms with Crippen molar-refractivity contribution >= 4 is 11.0 Å². The van der Waals surface area contributed by atoms with Crippen molar-refractivity contribution < 1.29 is 16.1 Å². The van der Waals surface area contributed by atoms with Crippen LogP contribution in [-0.4, -0.2) is 19.6 Å². The Morgan fingerprint density at radius 3 is 2.03 bits per heavy atom. The summed E-state index contributed by atoms with van der Waals surface area (Å²) in [4.78, 5) is 9.98. The molecule has 0 atom stereocenters. The predicted molar refractivity (Wildman–Crippen MR) is 253 cm³/mol. The van der Waals surface area contributed by atoms with Gasteiger partial charge in [0.25, 0.3) is 0 Å². The van der Waals surface area contributed by atoms with E-state index in [-0.39, 0.29) is 45.9 Å². The maximum atomic E-state index is 12.3. The van der Waals surface area contributed by atoms with Gasteiger partial charge in [-0.25, -0.2) is 4.98 Å². The second-order valence-corrected chi connectivity index (χ2v) is 18.4. The summed E-state index contributed by atoms with van der Waals surface area (Å²) in [5.41, 5.74) is 9.81. The SMILES string of the molecule is [2H]c1nc(-c2cc(-c3cccc4c3nc(-c3cc(C(C)C)cc(C(C)C)c3O)n4-c3ccc(-c4ccccc4)c(C(C)(C)C)c3)cc(C(C)(C)C)c2)c([2H])c(-c2c([2H])c([2H])c([2H])c([2H])c2[2H])c1[2H]. The standard InChI is InChI=1S/C56H57N3O/c1-35(2)40-31-47(36(3)4)53(60)48(32-40)54-58-52-46(22-17-23-51(52)59(54)44-24-25-45(38-20-15-12-16-21-38)49(34-44)56(8,9)10)41-28-42(30-43(29-41)55(5,6)7)50-33-39(26-27-57-50)37-18-13-11-14-19-37/h11-36,60H,1-10H3/i11D,13D,14D,18D,19D,26D,27D,33D. The number of benzene rings is 6. The van der Waals surface area contributed by atoms with Crippen molar-refractivity contribution in [1.29, 1.82) is 0 Å². The van der Waals surface area contributed by atoms with E-state index in [0.29, 0.717) is 22.5 Å². The Hall–Kier alpha value is -6.26. The van der Waals surface area contributed by atoms with Crippen molar-refractivity contribution in [2.75, 3.05) is 0 Å². The molecule has 8 aromatic rings. The average Bonchev–Trinajstić information content (AvgIpc) is 3.69. The van der Waals surface area contributed by atoms with E-state index in [9.17, 15) is 6.48 Å². The third-order valence-corrected chi connectivity index (χ3v) is 11.3. The number of hydrogen-bond acceptors (Lipinski definition) is 3. The second-order valence-electron chi connectivity index (χ2n) is 18.4. The van der Waals surface area contributed by atoms with Crippen molar-refractivity contribution in [1.82, 2.24) is 14.5 Å². The Morgan fingerprint density at radius 2 is 1.35 bits per heavy atom. The van der Waals surface area contributed by atoms with Crippen molar-refractivity contribution in [3.8, 4) is 67.5 Å². The number of hydrogen-bond donors (Lipinski definition) is 1. The van der Waals surface area contributed by atoms with Crippen LogP contribution in [0.5, 0.6) is 5.75 Å². The summed E-state index contributed by atoms with van der Waals surface area (Å²) in [6.07, 6.45) is -0.497. The first-order chi connectivity index (χ1) is 31.9. The predicted octanol–water partition coefficient (Wildman–Crippen LogP) is 15.3. The number of imidazole rings is 1. The average molecular weight is 796 g/mol. The van der Waals surface area contributed by atoms with Gasteiger partial charge in [-0.05, 0) is 121 Å². The second kappa shape index (κ2) is 15.7.